The predicted molar refractivity (Wildman–Crippen MR) is 176 cm³/mol. The smallest absolute Gasteiger partial charge is 0.268 e. The predicted octanol–water partition coefficient (Wildman–Crippen LogP) is 7.06. The van der Waals surface area contributed by atoms with Gasteiger partial charge in [-0.1, -0.05) is 43.4 Å². The van der Waals surface area contributed by atoms with Gasteiger partial charge in [-0.05, 0) is 86.8 Å². The van der Waals surface area contributed by atoms with Crippen LogP contribution in [0, 0.1) is 32.1 Å². The number of ketones is 1. The van der Waals surface area contributed by atoms with Crippen molar-refractivity contribution in [1.82, 2.24) is 13.5 Å². The number of rotatable bonds is 10. The second-order valence-corrected chi connectivity index (χ2v) is 20.2. The van der Waals surface area contributed by atoms with Gasteiger partial charge in [-0.2, -0.15) is 5.26 Å². The zero-order chi connectivity index (χ0) is 32.0. The van der Waals surface area contributed by atoms with Crippen molar-refractivity contribution in [2.24, 2.45) is 0 Å². The van der Waals surface area contributed by atoms with Gasteiger partial charge >= 0.3 is 0 Å². The van der Waals surface area contributed by atoms with Gasteiger partial charge in [0.15, 0.2) is 0 Å². The molecule has 0 spiro atoms. The van der Waals surface area contributed by atoms with E-state index in [4.69, 9.17) is 9.72 Å². The molecule has 5 rings (SSSR count). The van der Waals surface area contributed by atoms with Crippen molar-refractivity contribution < 1.29 is 17.9 Å². The Labute approximate surface area is 260 Å². The number of nitrogens with zero attached hydrogens (tertiary/aromatic N) is 4. The van der Waals surface area contributed by atoms with Crippen LogP contribution in [-0.4, -0.2) is 42.4 Å². The first-order valence-corrected chi connectivity index (χ1v) is 19.8. The Morgan fingerprint density at radius 1 is 1.02 bits per heavy atom. The van der Waals surface area contributed by atoms with Gasteiger partial charge in [-0.15, -0.1) is 0 Å². The maximum Gasteiger partial charge on any atom is 0.268 e. The summed E-state index contributed by atoms with van der Waals surface area (Å²) >= 11 is 0. The fourth-order valence-electron chi connectivity index (χ4n) is 5.73. The summed E-state index contributed by atoms with van der Waals surface area (Å²) < 4.78 is 37.1. The summed E-state index contributed by atoms with van der Waals surface area (Å²) in [4.78, 5) is 18.7. The molecule has 5 aromatic rings. The molecule has 1 atom stereocenters. The van der Waals surface area contributed by atoms with E-state index in [2.05, 4.69) is 25.7 Å². The van der Waals surface area contributed by atoms with E-state index in [-0.39, 0.29) is 17.4 Å². The number of nitriles is 1. The molecule has 0 radical (unpaired) electrons. The molecule has 0 N–H and O–H groups in total. The normalized spacial score (nSPS) is 13.0. The fourth-order valence-corrected chi connectivity index (χ4v) is 7.90. The number of hydrogen-bond donors (Lipinski definition) is 0. The lowest BCUT2D eigenvalue weighted by Gasteiger charge is -2.21. The summed E-state index contributed by atoms with van der Waals surface area (Å²) in [5, 5.41) is 10.2. The summed E-state index contributed by atoms with van der Waals surface area (Å²) in [5.41, 5.74) is 5.67. The molecular weight excluding hydrogens is 589 g/mol. The Kier molecular flexibility index (Phi) is 8.42. The molecule has 0 bridgehead atoms. The van der Waals surface area contributed by atoms with Crippen LogP contribution in [0.1, 0.15) is 46.5 Å². The molecule has 2 aromatic heterocycles. The van der Waals surface area contributed by atoms with E-state index in [0.717, 1.165) is 28.3 Å². The Morgan fingerprint density at radius 3 is 2.36 bits per heavy atom. The van der Waals surface area contributed by atoms with Crippen molar-refractivity contribution in [1.29, 1.82) is 5.26 Å². The first-order valence-electron chi connectivity index (χ1n) is 14.6. The van der Waals surface area contributed by atoms with Crippen molar-refractivity contribution in [3.05, 3.63) is 94.4 Å². The number of imidazole rings is 1. The Bertz CT molecular complexity index is 2050. The topological polar surface area (TPSA) is 107 Å². The van der Waals surface area contributed by atoms with Gasteiger partial charge in [0.2, 0.25) is 0 Å². The van der Waals surface area contributed by atoms with E-state index in [9.17, 15) is 18.5 Å². The summed E-state index contributed by atoms with van der Waals surface area (Å²) in [6, 6.07) is 18.9. The van der Waals surface area contributed by atoms with Gasteiger partial charge in [-0.25, -0.2) is 17.4 Å². The van der Waals surface area contributed by atoms with Crippen LogP contribution in [0.15, 0.2) is 65.7 Å². The molecule has 228 valence electrons. The molecule has 0 aliphatic heterocycles. The number of carbonyl (C=O) groups excluding carboxylic acids is 1. The Hall–Kier alpha value is -4.04. The first kappa shape index (κ1) is 31.4. The maximum absolute atomic E-state index is 13.8. The van der Waals surface area contributed by atoms with Crippen molar-refractivity contribution in [2.45, 2.75) is 70.9 Å². The highest BCUT2D eigenvalue weighted by Gasteiger charge is 2.31. The minimum absolute atomic E-state index is 0.133. The number of benzene rings is 3. The zero-order valence-electron chi connectivity index (χ0n) is 26.3. The van der Waals surface area contributed by atoms with Gasteiger partial charge in [0.1, 0.15) is 24.3 Å². The van der Waals surface area contributed by atoms with E-state index in [1.54, 1.807) is 48.7 Å². The van der Waals surface area contributed by atoms with Gasteiger partial charge in [0, 0.05) is 26.3 Å². The van der Waals surface area contributed by atoms with E-state index < -0.39 is 24.0 Å². The highest BCUT2D eigenvalue weighted by atomic mass is 32.2. The van der Waals surface area contributed by atoms with Crippen LogP contribution in [0.4, 0.5) is 0 Å². The van der Waals surface area contributed by atoms with Crippen LogP contribution in [-0.2, 0) is 26.3 Å². The lowest BCUT2D eigenvalue weighted by Crippen LogP contribution is -2.23. The van der Waals surface area contributed by atoms with Crippen molar-refractivity contribution in [3.8, 4) is 6.07 Å². The quantitative estimate of drug-likeness (QED) is 0.121. The molecule has 0 aliphatic carbocycles. The number of aromatic nitrogens is 3. The van der Waals surface area contributed by atoms with E-state index >= 15 is 0 Å². The molecule has 44 heavy (non-hydrogen) atoms. The molecule has 1 unspecified atom stereocenters. The SMILES string of the molecule is CC(=O)C(c1c(C)cc(C)c2c1ccn2S(=O)(=O)c1ccc(C)cc1)c1nc2cc(C#N)ccc2n1COCC[Si](C)(C)C. The molecule has 0 aliphatic rings. The number of aryl methyl sites for hydroxylation is 3. The average Bonchev–Trinajstić information content (AvgIpc) is 3.55. The molecule has 2 heterocycles. The summed E-state index contributed by atoms with van der Waals surface area (Å²) in [6.07, 6.45) is 1.56. The third-order valence-electron chi connectivity index (χ3n) is 8.03. The molecule has 0 fully saturated rings. The van der Waals surface area contributed by atoms with Crippen molar-refractivity contribution in [2.75, 3.05) is 6.61 Å². The molecule has 0 amide bonds. The monoisotopic (exact) mass is 626 g/mol. The van der Waals surface area contributed by atoms with E-state index in [1.807, 2.05) is 37.5 Å². The van der Waals surface area contributed by atoms with Crippen LogP contribution < -0.4 is 0 Å². The number of ether oxygens (including phenoxy) is 1. The summed E-state index contributed by atoms with van der Waals surface area (Å²) in [7, 11) is -5.23. The summed E-state index contributed by atoms with van der Waals surface area (Å²) in [5.74, 6) is -0.431. The summed E-state index contributed by atoms with van der Waals surface area (Å²) in [6.45, 7) is 14.9. The number of hydrogen-bond acceptors (Lipinski definition) is 6. The lowest BCUT2D eigenvalue weighted by atomic mass is 9.87. The molecule has 8 nitrogen and oxygen atoms in total. The van der Waals surface area contributed by atoms with Gasteiger partial charge < -0.3 is 9.30 Å². The van der Waals surface area contributed by atoms with Crippen molar-refractivity contribution >= 4 is 45.8 Å². The minimum atomic E-state index is -3.90. The van der Waals surface area contributed by atoms with Crippen molar-refractivity contribution in [3.63, 3.8) is 0 Å². The second-order valence-electron chi connectivity index (χ2n) is 12.7. The third-order valence-corrected chi connectivity index (χ3v) is 11.4. The van der Waals surface area contributed by atoms with Crippen LogP contribution in [0.3, 0.4) is 0 Å². The number of Topliss-reactive ketones (excluding diaryl/α,β-unsaturated/α-hetero) is 1. The standard InChI is InChI=1S/C34H38N4O4SSi/c1-22-8-11-27(12-9-22)43(40,41)38-15-14-28-31(23(2)18-24(3)33(28)38)32(25(4)39)34-36-29-19-26(20-35)10-13-30(29)37(34)21-42-16-17-44(5,6)7/h8-15,18-19,32H,16-17,21H2,1-7H3. The molecule has 0 saturated carbocycles. The first-order chi connectivity index (χ1) is 20.7. The molecule has 3 aromatic carbocycles. The average molecular weight is 627 g/mol. The minimum Gasteiger partial charge on any atom is -0.361 e. The Balaban J connectivity index is 1.71. The van der Waals surface area contributed by atoms with Crippen LogP contribution in [0.2, 0.25) is 25.7 Å². The maximum atomic E-state index is 13.8. The third kappa shape index (κ3) is 5.87. The number of carbonyl (C=O) groups is 1. The van der Waals surface area contributed by atoms with E-state index in [0.29, 0.717) is 40.0 Å². The van der Waals surface area contributed by atoms with Gasteiger partial charge in [0.25, 0.3) is 10.0 Å². The van der Waals surface area contributed by atoms with Crippen LogP contribution in [0.5, 0.6) is 0 Å². The molecular formula is C34H38N4O4SSi. The van der Waals surface area contributed by atoms with Gasteiger partial charge in [-0.3, -0.25) is 4.79 Å². The lowest BCUT2D eigenvalue weighted by molar-refractivity contribution is -0.117. The van der Waals surface area contributed by atoms with Crippen LogP contribution in [0.25, 0.3) is 21.9 Å². The largest absolute Gasteiger partial charge is 0.361 e. The van der Waals surface area contributed by atoms with E-state index in [1.165, 1.54) is 10.9 Å². The highest BCUT2D eigenvalue weighted by molar-refractivity contribution is 7.90. The molecule has 10 heteroatoms. The second kappa shape index (κ2) is 11.8. The van der Waals surface area contributed by atoms with Crippen LogP contribution >= 0.6 is 0 Å². The fraction of sp³-hybridized carbons (Fsp3) is 0.324. The number of fused-ring (bicyclic) bond motifs is 2. The Morgan fingerprint density at radius 2 is 1.73 bits per heavy atom. The zero-order valence-corrected chi connectivity index (χ0v) is 28.1. The highest BCUT2D eigenvalue weighted by Crippen LogP contribution is 2.38. The molecule has 0 saturated heterocycles. The van der Waals surface area contributed by atoms with Gasteiger partial charge in [0.05, 0.1) is 33.1 Å².